The lowest BCUT2D eigenvalue weighted by atomic mass is 10.0. The normalized spacial score (nSPS) is 10.2. The highest BCUT2D eigenvalue weighted by Gasteiger charge is 2.10. The van der Waals surface area contributed by atoms with Crippen molar-refractivity contribution in [2.75, 3.05) is 5.32 Å². The summed E-state index contributed by atoms with van der Waals surface area (Å²) in [6.45, 7) is 3.94. The van der Waals surface area contributed by atoms with Gasteiger partial charge in [-0.1, -0.05) is 12.1 Å². The number of hydrogen-bond donors (Lipinski definition) is 1. The molecule has 0 unspecified atom stereocenters. The minimum Gasteiger partial charge on any atom is -0.321 e. The van der Waals surface area contributed by atoms with Crippen LogP contribution >= 0.6 is 15.9 Å². The lowest BCUT2D eigenvalue weighted by Crippen LogP contribution is -2.13. The summed E-state index contributed by atoms with van der Waals surface area (Å²) in [5, 5.41) is 2.83. The Morgan fingerprint density at radius 3 is 2.67 bits per heavy atom. The SMILES string of the molecule is Cc1cccc(C(=O)Nc2ccc(Br)nc2)c1C. The molecule has 4 heteroatoms. The number of hydrogen-bond acceptors (Lipinski definition) is 2. The van der Waals surface area contributed by atoms with Crippen molar-refractivity contribution < 1.29 is 4.79 Å². The van der Waals surface area contributed by atoms with Crippen molar-refractivity contribution in [1.29, 1.82) is 0 Å². The third-order valence-electron chi connectivity index (χ3n) is 2.83. The first kappa shape index (κ1) is 12.8. The third-order valence-corrected chi connectivity index (χ3v) is 3.30. The van der Waals surface area contributed by atoms with Crippen LogP contribution in [-0.4, -0.2) is 10.9 Å². The van der Waals surface area contributed by atoms with Crippen molar-refractivity contribution in [3.05, 3.63) is 57.8 Å². The first-order valence-electron chi connectivity index (χ1n) is 5.57. The molecule has 0 saturated carbocycles. The van der Waals surface area contributed by atoms with Gasteiger partial charge in [0, 0.05) is 5.56 Å². The zero-order valence-corrected chi connectivity index (χ0v) is 11.8. The van der Waals surface area contributed by atoms with Gasteiger partial charge in [0.1, 0.15) is 4.60 Å². The van der Waals surface area contributed by atoms with Gasteiger partial charge in [0.2, 0.25) is 0 Å². The lowest BCUT2D eigenvalue weighted by molar-refractivity contribution is 0.102. The Labute approximate surface area is 114 Å². The molecular weight excluding hydrogens is 292 g/mol. The number of carbonyl (C=O) groups is 1. The summed E-state index contributed by atoms with van der Waals surface area (Å²) in [6.07, 6.45) is 1.62. The van der Waals surface area contributed by atoms with Crippen LogP contribution in [-0.2, 0) is 0 Å². The van der Waals surface area contributed by atoms with Gasteiger partial charge in [-0.05, 0) is 59.1 Å². The highest BCUT2D eigenvalue weighted by Crippen LogP contribution is 2.16. The number of amides is 1. The molecule has 2 rings (SSSR count). The smallest absolute Gasteiger partial charge is 0.255 e. The molecule has 92 valence electrons. The highest BCUT2D eigenvalue weighted by atomic mass is 79.9. The molecule has 18 heavy (non-hydrogen) atoms. The van der Waals surface area contributed by atoms with E-state index in [2.05, 4.69) is 26.2 Å². The van der Waals surface area contributed by atoms with Gasteiger partial charge in [-0.3, -0.25) is 4.79 Å². The van der Waals surface area contributed by atoms with Gasteiger partial charge in [-0.25, -0.2) is 4.98 Å². The maximum absolute atomic E-state index is 12.1. The van der Waals surface area contributed by atoms with Gasteiger partial charge in [0.25, 0.3) is 5.91 Å². The number of anilines is 1. The quantitative estimate of drug-likeness (QED) is 0.859. The summed E-state index contributed by atoms with van der Waals surface area (Å²) in [4.78, 5) is 16.2. The van der Waals surface area contributed by atoms with Crippen molar-refractivity contribution >= 4 is 27.5 Å². The largest absolute Gasteiger partial charge is 0.321 e. The number of aryl methyl sites for hydroxylation is 1. The van der Waals surface area contributed by atoms with E-state index in [4.69, 9.17) is 0 Å². The summed E-state index contributed by atoms with van der Waals surface area (Å²) in [7, 11) is 0. The highest BCUT2D eigenvalue weighted by molar-refractivity contribution is 9.10. The maximum Gasteiger partial charge on any atom is 0.255 e. The van der Waals surface area contributed by atoms with Crippen LogP contribution in [0.3, 0.4) is 0 Å². The standard InChI is InChI=1S/C14H13BrN2O/c1-9-4-3-5-12(10(9)2)14(18)17-11-6-7-13(15)16-8-11/h3-8H,1-2H3,(H,17,18). The van der Waals surface area contributed by atoms with E-state index in [1.807, 2.05) is 32.0 Å². The Hall–Kier alpha value is -1.68. The Kier molecular flexibility index (Phi) is 3.77. The number of rotatable bonds is 2. The molecule has 3 nitrogen and oxygen atoms in total. The van der Waals surface area contributed by atoms with Crippen LogP contribution in [0, 0.1) is 13.8 Å². The molecule has 0 atom stereocenters. The molecule has 0 radical (unpaired) electrons. The Morgan fingerprint density at radius 2 is 2.00 bits per heavy atom. The van der Waals surface area contributed by atoms with E-state index in [-0.39, 0.29) is 5.91 Å². The number of aromatic nitrogens is 1. The minimum atomic E-state index is -0.111. The van der Waals surface area contributed by atoms with Crippen molar-refractivity contribution in [3.63, 3.8) is 0 Å². The summed E-state index contributed by atoms with van der Waals surface area (Å²) < 4.78 is 0.743. The first-order chi connectivity index (χ1) is 8.58. The van der Waals surface area contributed by atoms with E-state index in [1.165, 1.54) is 0 Å². The fraction of sp³-hybridized carbons (Fsp3) is 0.143. The second kappa shape index (κ2) is 5.31. The topological polar surface area (TPSA) is 42.0 Å². The number of nitrogens with zero attached hydrogens (tertiary/aromatic N) is 1. The predicted molar refractivity (Wildman–Crippen MR) is 75.8 cm³/mol. The molecule has 0 saturated heterocycles. The average Bonchev–Trinajstić information content (AvgIpc) is 2.35. The Balaban J connectivity index is 2.22. The summed E-state index contributed by atoms with van der Waals surface area (Å²) >= 11 is 3.25. The van der Waals surface area contributed by atoms with Gasteiger partial charge in [-0.15, -0.1) is 0 Å². The van der Waals surface area contributed by atoms with Crippen molar-refractivity contribution in [2.45, 2.75) is 13.8 Å². The van der Waals surface area contributed by atoms with E-state index in [1.54, 1.807) is 18.3 Å². The zero-order chi connectivity index (χ0) is 13.1. The van der Waals surface area contributed by atoms with Crippen LogP contribution in [0.25, 0.3) is 0 Å². The molecular formula is C14H13BrN2O. The molecule has 2 aromatic rings. The molecule has 1 aromatic heterocycles. The lowest BCUT2D eigenvalue weighted by Gasteiger charge is -2.09. The predicted octanol–water partition coefficient (Wildman–Crippen LogP) is 3.71. The van der Waals surface area contributed by atoms with Crippen LogP contribution in [0.2, 0.25) is 0 Å². The summed E-state index contributed by atoms with van der Waals surface area (Å²) in [6, 6.07) is 9.30. The molecule has 0 aliphatic carbocycles. The van der Waals surface area contributed by atoms with Crippen molar-refractivity contribution in [1.82, 2.24) is 4.98 Å². The number of pyridine rings is 1. The Morgan fingerprint density at radius 1 is 1.22 bits per heavy atom. The second-order valence-corrected chi connectivity index (χ2v) is 4.88. The third kappa shape index (κ3) is 2.76. The van der Waals surface area contributed by atoms with Gasteiger partial charge in [0.15, 0.2) is 0 Å². The van der Waals surface area contributed by atoms with Crippen molar-refractivity contribution in [2.24, 2.45) is 0 Å². The Bertz CT molecular complexity index is 579. The zero-order valence-electron chi connectivity index (χ0n) is 10.2. The summed E-state index contributed by atoms with van der Waals surface area (Å²) in [5.74, 6) is -0.111. The number of halogens is 1. The van der Waals surface area contributed by atoms with E-state index >= 15 is 0 Å². The summed E-state index contributed by atoms with van der Waals surface area (Å²) in [5.41, 5.74) is 3.48. The molecule has 1 N–H and O–H groups in total. The van der Waals surface area contributed by atoms with E-state index < -0.39 is 0 Å². The van der Waals surface area contributed by atoms with Gasteiger partial charge < -0.3 is 5.32 Å². The molecule has 1 heterocycles. The van der Waals surface area contributed by atoms with Gasteiger partial charge in [-0.2, -0.15) is 0 Å². The molecule has 0 spiro atoms. The molecule has 0 bridgehead atoms. The molecule has 1 amide bonds. The second-order valence-electron chi connectivity index (χ2n) is 4.07. The van der Waals surface area contributed by atoms with Gasteiger partial charge in [0.05, 0.1) is 11.9 Å². The van der Waals surface area contributed by atoms with Crippen LogP contribution in [0.15, 0.2) is 41.1 Å². The molecule has 0 fully saturated rings. The maximum atomic E-state index is 12.1. The molecule has 1 aromatic carbocycles. The fourth-order valence-corrected chi connectivity index (χ4v) is 1.88. The molecule has 0 aliphatic heterocycles. The van der Waals surface area contributed by atoms with Crippen LogP contribution in [0.1, 0.15) is 21.5 Å². The average molecular weight is 305 g/mol. The number of benzene rings is 1. The monoisotopic (exact) mass is 304 g/mol. The number of carbonyl (C=O) groups excluding carboxylic acids is 1. The van der Waals surface area contributed by atoms with Gasteiger partial charge >= 0.3 is 0 Å². The number of nitrogens with one attached hydrogen (secondary N) is 1. The van der Waals surface area contributed by atoms with Crippen LogP contribution in [0.5, 0.6) is 0 Å². The van der Waals surface area contributed by atoms with Crippen molar-refractivity contribution in [3.8, 4) is 0 Å². The van der Waals surface area contributed by atoms with E-state index in [9.17, 15) is 4.79 Å². The van der Waals surface area contributed by atoms with Crippen LogP contribution < -0.4 is 5.32 Å². The minimum absolute atomic E-state index is 0.111. The van der Waals surface area contributed by atoms with Crippen LogP contribution in [0.4, 0.5) is 5.69 Å². The van der Waals surface area contributed by atoms with E-state index in [0.717, 1.165) is 15.7 Å². The fourth-order valence-electron chi connectivity index (χ4n) is 1.65. The van der Waals surface area contributed by atoms with E-state index in [0.29, 0.717) is 11.3 Å². The molecule has 0 aliphatic rings. The first-order valence-corrected chi connectivity index (χ1v) is 6.36.